The van der Waals surface area contributed by atoms with E-state index < -0.39 is 0 Å². The van der Waals surface area contributed by atoms with Crippen LogP contribution in [-0.2, 0) is 6.54 Å². The Kier molecular flexibility index (Phi) is 9.38. The molecule has 2 N–H and O–H groups in total. The number of hydrogen-bond acceptors (Lipinski definition) is 5. The third kappa shape index (κ3) is 7.49. The number of carbonyl (C=O) groups is 1. The van der Waals surface area contributed by atoms with Crippen molar-refractivity contribution >= 4 is 23.0 Å². The van der Waals surface area contributed by atoms with E-state index in [-0.39, 0.29) is 5.91 Å². The van der Waals surface area contributed by atoms with Crippen LogP contribution in [0.4, 0.5) is 5.69 Å². The van der Waals surface area contributed by atoms with Crippen LogP contribution < -0.4 is 10.6 Å². The normalized spacial score (nSPS) is 11.3. The van der Waals surface area contributed by atoms with Crippen LogP contribution in [0.2, 0.25) is 0 Å². The van der Waals surface area contributed by atoms with Crippen LogP contribution in [0.1, 0.15) is 34.1 Å². The molecule has 198 valence electrons. The molecule has 6 nitrogen and oxygen atoms in total. The highest BCUT2D eigenvalue weighted by molar-refractivity contribution is 6.04. The molecular formula is C33H35N5O. The number of pyridine rings is 1. The maximum Gasteiger partial charge on any atom is 0.251 e. The molecule has 0 aliphatic carbocycles. The standard InChI is InChI=1S/C33H35N5O/c1-24(27-14-10-15-28(22-27)33(39)35-20-21-38(3)4)37-31-18-11-17-30(26-12-6-5-7-13-26)32(31)25(2)36-23-29-16-8-9-19-34-29/h5-19,22,36H,2,20-21,23H2,1,3-4H3,(H,35,39). The lowest BCUT2D eigenvalue weighted by Crippen LogP contribution is -2.31. The summed E-state index contributed by atoms with van der Waals surface area (Å²) in [6.07, 6.45) is 1.79. The molecule has 0 bridgehead atoms. The van der Waals surface area contributed by atoms with Gasteiger partial charge in [-0.05, 0) is 68.0 Å². The average Bonchev–Trinajstić information content (AvgIpc) is 2.96. The summed E-state index contributed by atoms with van der Waals surface area (Å²) in [5.41, 5.74) is 7.85. The molecule has 0 spiro atoms. The minimum Gasteiger partial charge on any atom is -0.379 e. The second-order valence-corrected chi connectivity index (χ2v) is 9.56. The first-order valence-corrected chi connectivity index (χ1v) is 13.0. The summed E-state index contributed by atoms with van der Waals surface area (Å²) in [6, 6.07) is 29.8. The van der Waals surface area contributed by atoms with Crippen LogP contribution in [0.3, 0.4) is 0 Å². The highest BCUT2D eigenvalue weighted by Crippen LogP contribution is 2.35. The van der Waals surface area contributed by atoms with E-state index in [0.29, 0.717) is 18.7 Å². The van der Waals surface area contributed by atoms with Gasteiger partial charge in [-0.1, -0.05) is 67.2 Å². The molecule has 0 aliphatic heterocycles. The van der Waals surface area contributed by atoms with E-state index in [4.69, 9.17) is 4.99 Å². The van der Waals surface area contributed by atoms with E-state index in [2.05, 4.69) is 40.4 Å². The zero-order valence-corrected chi connectivity index (χ0v) is 22.8. The average molecular weight is 518 g/mol. The van der Waals surface area contributed by atoms with Crippen molar-refractivity contribution in [3.05, 3.63) is 126 Å². The van der Waals surface area contributed by atoms with Gasteiger partial charge in [-0.2, -0.15) is 0 Å². The number of benzene rings is 3. The second-order valence-electron chi connectivity index (χ2n) is 9.56. The molecule has 4 rings (SSSR count). The summed E-state index contributed by atoms with van der Waals surface area (Å²) in [6.45, 7) is 8.27. The molecule has 1 aromatic heterocycles. The van der Waals surface area contributed by atoms with Crippen molar-refractivity contribution in [2.75, 3.05) is 27.2 Å². The van der Waals surface area contributed by atoms with Gasteiger partial charge in [-0.25, -0.2) is 0 Å². The SMILES string of the molecule is C=C(NCc1ccccn1)c1c(N=C(C)c2cccc(C(=O)NCCN(C)C)c2)cccc1-c1ccccc1. The molecule has 0 radical (unpaired) electrons. The van der Waals surface area contributed by atoms with Crippen molar-refractivity contribution in [1.82, 2.24) is 20.5 Å². The summed E-state index contributed by atoms with van der Waals surface area (Å²) in [5.74, 6) is -0.0923. The van der Waals surface area contributed by atoms with Gasteiger partial charge in [0, 0.05) is 41.8 Å². The topological polar surface area (TPSA) is 69.6 Å². The number of carbonyl (C=O) groups excluding carboxylic acids is 1. The fourth-order valence-corrected chi connectivity index (χ4v) is 4.22. The predicted molar refractivity (Wildman–Crippen MR) is 161 cm³/mol. The number of nitrogens with zero attached hydrogens (tertiary/aromatic N) is 3. The molecule has 0 unspecified atom stereocenters. The Labute approximate surface area is 231 Å². The summed E-state index contributed by atoms with van der Waals surface area (Å²) >= 11 is 0. The zero-order chi connectivity index (χ0) is 27.6. The molecule has 0 saturated carbocycles. The molecule has 0 fully saturated rings. The van der Waals surface area contributed by atoms with Gasteiger partial charge in [0.1, 0.15) is 0 Å². The lowest BCUT2D eigenvalue weighted by molar-refractivity contribution is 0.0951. The number of aromatic nitrogens is 1. The molecule has 6 heteroatoms. The van der Waals surface area contributed by atoms with Crippen LogP contribution in [0, 0.1) is 0 Å². The molecule has 0 aliphatic rings. The summed E-state index contributed by atoms with van der Waals surface area (Å²) in [7, 11) is 3.97. The quantitative estimate of drug-likeness (QED) is 0.242. The number of amides is 1. The van der Waals surface area contributed by atoms with Gasteiger partial charge in [0.25, 0.3) is 5.91 Å². The van der Waals surface area contributed by atoms with Gasteiger partial charge in [0.2, 0.25) is 0 Å². The number of likely N-dealkylation sites (N-methyl/N-ethyl adjacent to an activating group) is 1. The molecule has 0 atom stereocenters. The lowest BCUT2D eigenvalue weighted by Gasteiger charge is -2.17. The molecule has 1 amide bonds. The fraction of sp³-hybridized carbons (Fsp3) is 0.182. The van der Waals surface area contributed by atoms with Crippen molar-refractivity contribution in [3.63, 3.8) is 0 Å². The number of hydrogen-bond donors (Lipinski definition) is 2. The Balaban J connectivity index is 1.66. The van der Waals surface area contributed by atoms with E-state index in [1.165, 1.54) is 0 Å². The monoisotopic (exact) mass is 517 g/mol. The maximum absolute atomic E-state index is 12.7. The van der Waals surface area contributed by atoms with Gasteiger partial charge in [0.15, 0.2) is 0 Å². The van der Waals surface area contributed by atoms with Gasteiger partial charge >= 0.3 is 0 Å². The van der Waals surface area contributed by atoms with Gasteiger partial charge in [-0.3, -0.25) is 14.8 Å². The minimum atomic E-state index is -0.0923. The summed E-state index contributed by atoms with van der Waals surface area (Å²) in [5, 5.41) is 6.43. The van der Waals surface area contributed by atoms with Crippen LogP contribution >= 0.6 is 0 Å². The van der Waals surface area contributed by atoms with Crippen molar-refractivity contribution in [2.45, 2.75) is 13.5 Å². The molecule has 3 aromatic carbocycles. The third-order valence-corrected chi connectivity index (χ3v) is 6.31. The highest BCUT2D eigenvalue weighted by Gasteiger charge is 2.15. The predicted octanol–water partition coefficient (Wildman–Crippen LogP) is 5.94. The number of aliphatic imine (C=N–C) groups is 1. The lowest BCUT2D eigenvalue weighted by atomic mass is 9.96. The first-order chi connectivity index (χ1) is 18.9. The van der Waals surface area contributed by atoms with Gasteiger partial charge < -0.3 is 15.5 Å². The van der Waals surface area contributed by atoms with Gasteiger partial charge in [0.05, 0.1) is 17.9 Å². The Morgan fingerprint density at radius 3 is 2.38 bits per heavy atom. The Morgan fingerprint density at radius 2 is 1.64 bits per heavy atom. The summed E-state index contributed by atoms with van der Waals surface area (Å²) < 4.78 is 0. The fourth-order valence-electron chi connectivity index (χ4n) is 4.22. The molecule has 39 heavy (non-hydrogen) atoms. The van der Waals surface area contributed by atoms with Crippen molar-refractivity contribution in [2.24, 2.45) is 4.99 Å². The Hall–Kier alpha value is -4.55. The third-order valence-electron chi connectivity index (χ3n) is 6.31. The summed E-state index contributed by atoms with van der Waals surface area (Å²) in [4.78, 5) is 24.2. The first-order valence-electron chi connectivity index (χ1n) is 13.0. The van der Waals surface area contributed by atoms with E-state index in [9.17, 15) is 4.79 Å². The van der Waals surface area contributed by atoms with Crippen molar-refractivity contribution < 1.29 is 4.79 Å². The van der Waals surface area contributed by atoms with Crippen molar-refractivity contribution in [3.8, 4) is 11.1 Å². The zero-order valence-electron chi connectivity index (χ0n) is 22.8. The van der Waals surface area contributed by atoms with E-state index in [0.717, 1.165) is 51.6 Å². The maximum atomic E-state index is 12.7. The molecule has 1 heterocycles. The molecule has 0 saturated heterocycles. The number of rotatable bonds is 11. The molecular weight excluding hydrogens is 482 g/mol. The van der Waals surface area contributed by atoms with Crippen molar-refractivity contribution in [1.29, 1.82) is 0 Å². The Bertz CT molecular complexity index is 1450. The van der Waals surface area contributed by atoms with Crippen LogP contribution in [0.15, 0.2) is 109 Å². The first kappa shape index (κ1) is 27.5. The Morgan fingerprint density at radius 1 is 0.897 bits per heavy atom. The largest absolute Gasteiger partial charge is 0.379 e. The molecule has 4 aromatic rings. The van der Waals surface area contributed by atoms with Gasteiger partial charge in [-0.15, -0.1) is 0 Å². The smallest absolute Gasteiger partial charge is 0.251 e. The minimum absolute atomic E-state index is 0.0923. The van der Waals surface area contributed by atoms with E-state index in [1.807, 2.05) is 98.7 Å². The van der Waals surface area contributed by atoms with E-state index >= 15 is 0 Å². The van der Waals surface area contributed by atoms with Crippen LogP contribution in [0.25, 0.3) is 16.8 Å². The van der Waals surface area contributed by atoms with Crippen LogP contribution in [0.5, 0.6) is 0 Å². The van der Waals surface area contributed by atoms with E-state index in [1.54, 1.807) is 6.20 Å². The number of nitrogens with one attached hydrogen (secondary N) is 2. The second kappa shape index (κ2) is 13.3. The highest BCUT2D eigenvalue weighted by atomic mass is 16.1. The van der Waals surface area contributed by atoms with Crippen LogP contribution in [-0.4, -0.2) is 48.7 Å².